The molecule has 10 heteroatoms. The minimum Gasteiger partial charge on any atom is -0.486 e. The average molecular weight is 445 g/mol. The van der Waals surface area contributed by atoms with Crippen LogP contribution in [0.1, 0.15) is 20.8 Å². The summed E-state index contributed by atoms with van der Waals surface area (Å²) < 4.78 is 51.2. The van der Waals surface area contributed by atoms with Crippen molar-refractivity contribution >= 4 is 16.0 Å². The Labute approximate surface area is 179 Å². The van der Waals surface area contributed by atoms with Crippen molar-refractivity contribution in [2.45, 2.75) is 33.0 Å². The van der Waals surface area contributed by atoms with Crippen molar-refractivity contribution in [1.29, 1.82) is 0 Å². The fourth-order valence-electron chi connectivity index (χ4n) is 3.06. The van der Waals surface area contributed by atoms with Gasteiger partial charge in [0.2, 0.25) is 10.0 Å². The van der Waals surface area contributed by atoms with Crippen molar-refractivity contribution in [3.63, 3.8) is 0 Å². The maximum Gasteiger partial charge on any atom is 0.216 e. The van der Waals surface area contributed by atoms with Crippen molar-refractivity contribution in [1.82, 2.24) is 14.5 Å². The zero-order chi connectivity index (χ0) is 22.1. The number of hydrogen-bond acceptors (Lipinski definition) is 5. The Balaban J connectivity index is 1.80. The zero-order valence-corrected chi connectivity index (χ0v) is 19.0. The Morgan fingerprint density at radius 2 is 1.87 bits per heavy atom. The Kier molecular flexibility index (Phi) is 9.32. The predicted octanol–water partition coefficient (Wildman–Crippen LogP) is 1.54. The molecule has 30 heavy (non-hydrogen) atoms. The number of hydrogen-bond donors (Lipinski definition) is 1. The van der Waals surface area contributed by atoms with Gasteiger partial charge in [0.25, 0.3) is 0 Å². The number of ether oxygens (including phenoxy) is 2. The summed E-state index contributed by atoms with van der Waals surface area (Å²) in [6.07, 6.45) is -0.266. The van der Waals surface area contributed by atoms with E-state index in [2.05, 4.69) is 10.3 Å². The van der Waals surface area contributed by atoms with Gasteiger partial charge in [-0.05, 0) is 32.9 Å². The Morgan fingerprint density at radius 1 is 1.20 bits per heavy atom. The van der Waals surface area contributed by atoms with Gasteiger partial charge in [-0.1, -0.05) is 12.1 Å². The van der Waals surface area contributed by atoms with Crippen LogP contribution < -0.4 is 10.1 Å². The van der Waals surface area contributed by atoms with Crippen molar-refractivity contribution in [3.8, 4) is 5.75 Å². The first-order chi connectivity index (χ1) is 14.2. The van der Waals surface area contributed by atoms with E-state index in [-0.39, 0.29) is 30.3 Å². The summed E-state index contributed by atoms with van der Waals surface area (Å²) in [5, 5.41) is 3.22. The molecule has 1 saturated heterocycles. The second-order valence-electron chi connectivity index (χ2n) is 7.41. The fraction of sp³-hybridized carbons (Fsp3) is 0.650. The normalized spacial score (nSPS) is 17.3. The fourth-order valence-corrected chi connectivity index (χ4v) is 4.35. The monoisotopic (exact) mass is 444 g/mol. The first-order valence-electron chi connectivity index (χ1n) is 10.2. The number of nitrogens with zero attached hydrogens (tertiary/aromatic N) is 3. The molecule has 1 aliphatic rings. The van der Waals surface area contributed by atoms with E-state index in [4.69, 9.17) is 9.47 Å². The Bertz CT molecular complexity index is 796. The van der Waals surface area contributed by atoms with E-state index < -0.39 is 15.8 Å². The number of nitrogens with one attached hydrogen (secondary N) is 1. The SMILES string of the molecule is CN=C(NCC(C)Oc1ccccc1F)N1CCN(S(=O)(=O)CCOC(C)C)CC1. The molecule has 1 fully saturated rings. The summed E-state index contributed by atoms with van der Waals surface area (Å²) in [4.78, 5) is 6.28. The van der Waals surface area contributed by atoms with Crippen molar-refractivity contribution < 1.29 is 22.3 Å². The summed E-state index contributed by atoms with van der Waals surface area (Å²) in [7, 11) is -1.66. The summed E-state index contributed by atoms with van der Waals surface area (Å²) in [6, 6.07) is 6.29. The van der Waals surface area contributed by atoms with Crippen LogP contribution in [0.4, 0.5) is 4.39 Å². The number of piperazine rings is 1. The number of aliphatic imine (C=N–C) groups is 1. The number of rotatable bonds is 9. The van der Waals surface area contributed by atoms with Crippen molar-refractivity contribution in [3.05, 3.63) is 30.1 Å². The number of guanidine groups is 1. The van der Waals surface area contributed by atoms with Crippen LogP contribution in [-0.4, -0.2) is 87.9 Å². The number of para-hydroxylation sites is 1. The highest BCUT2D eigenvalue weighted by Gasteiger charge is 2.28. The molecule has 1 aliphatic heterocycles. The lowest BCUT2D eigenvalue weighted by molar-refractivity contribution is 0.0904. The van der Waals surface area contributed by atoms with Gasteiger partial charge in [0.05, 0.1) is 25.0 Å². The molecule has 1 unspecified atom stereocenters. The molecule has 1 aromatic rings. The van der Waals surface area contributed by atoms with Crippen LogP contribution in [0.2, 0.25) is 0 Å². The van der Waals surface area contributed by atoms with Gasteiger partial charge in [-0.3, -0.25) is 4.99 Å². The first kappa shape index (κ1) is 24.4. The standard InChI is InChI=1S/C20H33FN4O4S/c1-16(2)28-13-14-30(26,27)25-11-9-24(10-12-25)20(22-4)23-15-17(3)29-19-8-6-5-7-18(19)21/h5-8,16-17H,9-15H2,1-4H3,(H,22,23). The topological polar surface area (TPSA) is 83.5 Å². The number of sulfonamides is 1. The minimum atomic E-state index is -3.33. The molecule has 0 aromatic heterocycles. The lowest BCUT2D eigenvalue weighted by Crippen LogP contribution is -2.55. The van der Waals surface area contributed by atoms with Gasteiger partial charge in [0.15, 0.2) is 17.5 Å². The van der Waals surface area contributed by atoms with Gasteiger partial charge in [0, 0.05) is 33.2 Å². The summed E-state index contributed by atoms with van der Waals surface area (Å²) in [6.45, 7) is 8.10. The van der Waals surface area contributed by atoms with E-state index in [0.717, 1.165) is 0 Å². The molecule has 170 valence electrons. The molecule has 0 saturated carbocycles. The molecule has 1 atom stereocenters. The minimum absolute atomic E-state index is 0.0104. The number of halogens is 1. The molecule has 8 nitrogen and oxygen atoms in total. The third kappa shape index (κ3) is 7.41. The van der Waals surface area contributed by atoms with Crippen LogP contribution in [0.25, 0.3) is 0 Å². The lowest BCUT2D eigenvalue weighted by atomic mass is 10.3. The van der Waals surface area contributed by atoms with Gasteiger partial charge >= 0.3 is 0 Å². The van der Waals surface area contributed by atoms with Gasteiger partial charge < -0.3 is 19.7 Å². The summed E-state index contributed by atoms with van der Waals surface area (Å²) >= 11 is 0. The average Bonchev–Trinajstić information content (AvgIpc) is 2.70. The molecule has 0 radical (unpaired) electrons. The van der Waals surface area contributed by atoms with Crippen LogP contribution in [0.5, 0.6) is 5.75 Å². The Hall–Kier alpha value is -1.91. The van der Waals surface area contributed by atoms with Crippen LogP contribution in [0.3, 0.4) is 0 Å². The molecular weight excluding hydrogens is 411 g/mol. The second-order valence-corrected chi connectivity index (χ2v) is 9.50. The van der Waals surface area contributed by atoms with Crippen molar-refractivity contribution in [2.24, 2.45) is 4.99 Å². The van der Waals surface area contributed by atoms with Crippen LogP contribution in [-0.2, 0) is 14.8 Å². The van der Waals surface area contributed by atoms with Gasteiger partial charge in [-0.25, -0.2) is 12.8 Å². The molecule has 1 heterocycles. The van der Waals surface area contributed by atoms with Crippen LogP contribution in [0.15, 0.2) is 29.3 Å². The maximum atomic E-state index is 13.7. The largest absolute Gasteiger partial charge is 0.486 e. The van der Waals surface area contributed by atoms with E-state index in [9.17, 15) is 12.8 Å². The third-order valence-electron chi connectivity index (χ3n) is 4.65. The number of benzene rings is 1. The van der Waals surface area contributed by atoms with E-state index in [0.29, 0.717) is 38.7 Å². The highest BCUT2D eigenvalue weighted by atomic mass is 32.2. The predicted molar refractivity (Wildman–Crippen MR) is 116 cm³/mol. The quantitative estimate of drug-likeness (QED) is 0.460. The van der Waals surface area contributed by atoms with E-state index in [1.807, 2.05) is 25.7 Å². The second kappa shape index (κ2) is 11.5. The van der Waals surface area contributed by atoms with Gasteiger partial charge in [0.1, 0.15) is 6.10 Å². The summed E-state index contributed by atoms with van der Waals surface area (Å²) in [5.41, 5.74) is 0. The van der Waals surface area contributed by atoms with Crippen molar-refractivity contribution in [2.75, 3.05) is 52.1 Å². The van der Waals surface area contributed by atoms with Gasteiger partial charge in [-0.2, -0.15) is 4.31 Å². The van der Waals surface area contributed by atoms with E-state index in [1.54, 1.807) is 25.2 Å². The molecule has 0 bridgehead atoms. The van der Waals surface area contributed by atoms with Crippen LogP contribution in [0, 0.1) is 5.82 Å². The molecule has 1 aromatic carbocycles. The lowest BCUT2D eigenvalue weighted by Gasteiger charge is -2.36. The third-order valence-corrected chi connectivity index (χ3v) is 6.48. The first-order valence-corrected chi connectivity index (χ1v) is 11.8. The molecule has 0 spiro atoms. The highest BCUT2D eigenvalue weighted by Crippen LogP contribution is 2.16. The molecule has 2 rings (SSSR count). The highest BCUT2D eigenvalue weighted by molar-refractivity contribution is 7.89. The Morgan fingerprint density at radius 3 is 2.47 bits per heavy atom. The van der Waals surface area contributed by atoms with E-state index >= 15 is 0 Å². The summed E-state index contributed by atoms with van der Waals surface area (Å²) in [5.74, 6) is 0.467. The van der Waals surface area contributed by atoms with Crippen LogP contribution >= 0.6 is 0 Å². The maximum absolute atomic E-state index is 13.7. The van der Waals surface area contributed by atoms with E-state index in [1.165, 1.54) is 10.4 Å². The molecule has 1 N–H and O–H groups in total. The zero-order valence-electron chi connectivity index (χ0n) is 18.2. The molecule has 0 amide bonds. The molecule has 0 aliphatic carbocycles. The molecular formula is C20H33FN4O4S. The van der Waals surface area contributed by atoms with Gasteiger partial charge in [-0.15, -0.1) is 0 Å². The smallest absolute Gasteiger partial charge is 0.216 e.